The van der Waals surface area contributed by atoms with Crippen molar-refractivity contribution in [2.24, 2.45) is 0 Å². The number of aromatic nitrogens is 1. The summed E-state index contributed by atoms with van der Waals surface area (Å²) in [5, 5.41) is 2.99. The number of quaternary nitrogens is 1. The normalized spacial score (nSPS) is 14.7. The number of carbonyl (C=O) groups is 1. The molecule has 0 unspecified atom stereocenters. The average Bonchev–Trinajstić information content (AvgIpc) is 3.48. The van der Waals surface area contributed by atoms with Crippen LogP contribution in [-0.2, 0) is 11.2 Å². The maximum absolute atomic E-state index is 15.8. The second kappa shape index (κ2) is 12.3. The second-order valence-electron chi connectivity index (χ2n) is 8.87. The van der Waals surface area contributed by atoms with Crippen LogP contribution in [0.1, 0.15) is 49.1 Å². The van der Waals surface area contributed by atoms with Crippen LogP contribution in [0.5, 0.6) is 0 Å². The maximum Gasteiger partial charge on any atom is 0.846 e. The molecule has 0 saturated heterocycles. The molecule has 0 saturated carbocycles. The lowest BCUT2D eigenvalue weighted by Gasteiger charge is -2.15. The van der Waals surface area contributed by atoms with Gasteiger partial charge in [-0.2, -0.15) is 0 Å². The number of hydrogen-bond donors (Lipinski definition) is 2. The van der Waals surface area contributed by atoms with E-state index in [0.29, 0.717) is 19.4 Å². The van der Waals surface area contributed by atoms with Crippen LogP contribution in [0.25, 0.3) is 12.2 Å². The molecule has 2 aliphatic heterocycles. The number of amides is 1. The summed E-state index contributed by atoms with van der Waals surface area (Å²) in [6, 6.07) is 13.9. The topological polar surface area (TPSA) is 64.7 Å². The molecule has 35 heavy (non-hydrogen) atoms. The van der Waals surface area contributed by atoms with Gasteiger partial charge in [-0.15, -0.1) is 0 Å². The summed E-state index contributed by atoms with van der Waals surface area (Å²) in [4.78, 5) is 12.3. The second-order valence-corrected chi connectivity index (χ2v) is 8.87. The lowest BCUT2D eigenvalue weighted by molar-refractivity contribution is -0.368. The van der Waals surface area contributed by atoms with Crippen LogP contribution in [0, 0.1) is 0 Å². The Kier molecular flexibility index (Phi) is 8.68. The van der Waals surface area contributed by atoms with Crippen molar-refractivity contribution < 1.29 is 19.3 Å². The highest BCUT2D eigenvalue weighted by Gasteiger charge is 2.47. The molecular formula is C28H34BFN4O+2. The van der Waals surface area contributed by atoms with E-state index < -0.39 is 7.26 Å². The third-order valence-corrected chi connectivity index (χ3v) is 6.31. The third-order valence-electron chi connectivity index (χ3n) is 6.31. The fourth-order valence-electron chi connectivity index (χ4n) is 4.43. The van der Waals surface area contributed by atoms with Gasteiger partial charge in [0.05, 0.1) is 6.54 Å². The van der Waals surface area contributed by atoms with E-state index in [4.69, 9.17) is 0 Å². The minimum Gasteiger partial charge on any atom is -0.358 e. The predicted octanol–water partition coefficient (Wildman–Crippen LogP) is 3.79. The van der Waals surface area contributed by atoms with Crippen LogP contribution in [0.2, 0.25) is 0 Å². The predicted molar refractivity (Wildman–Crippen MR) is 141 cm³/mol. The molecule has 0 bridgehead atoms. The number of nitrogens with one attached hydrogen (secondary N) is 1. The minimum atomic E-state index is -1.35. The van der Waals surface area contributed by atoms with Gasteiger partial charge in [-0.3, -0.25) is 9.27 Å². The van der Waals surface area contributed by atoms with Crippen LogP contribution < -0.4 is 11.1 Å². The molecule has 0 radical (unpaired) electrons. The maximum atomic E-state index is 15.8. The zero-order chi connectivity index (χ0) is 24.5. The van der Waals surface area contributed by atoms with E-state index in [9.17, 15) is 4.79 Å². The first kappa shape index (κ1) is 24.7. The van der Waals surface area contributed by atoms with Crippen LogP contribution in [0.3, 0.4) is 0 Å². The van der Waals surface area contributed by atoms with Gasteiger partial charge in [-0.05, 0) is 43.4 Å². The summed E-state index contributed by atoms with van der Waals surface area (Å²) in [5.41, 5.74) is 8.24. The Labute approximate surface area is 207 Å². The van der Waals surface area contributed by atoms with Gasteiger partial charge in [0.1, 0.15) is 0 Å². The first-order valence-electron chi connectivity index (χ1n) is 12.5. The molecule has 2 aromatic rings. The van der Waals surface area contributed by atoms with Gasteiger partial charge < -0.3 is 11.1 Å². The Bertz CT molecular complexity index is 1180. The molecule has 0 spiro atoms. The standard InChI is InChI=1S/C28H32BFN4O/c30-29-33-24(13-7-6-12-23-10-4-3-5-11-23)14-16-26(33)22-27-17-15-25(34(27)29)18-19-28(35)32-21-9-2-1-8-20-31/h3-7,10-17,22H,1-2,8-9,18-21,31H2/p+2/b12-6+,13-7+. The Balaban J connectivity index is 1.37. The summed E-state index contributed by atoms with van der Waals surface area (Å²) >= 11 is 0. The summed E-state index contributed by atoms with van der Waals surface area (Å²) in [7, 11) is -1.35. The molecule has 2 aliphatic rings. The van der Waals surface area contributed by atoms with Gasteiger partial charge in [-0.25, -0.2) is 8.80 Å². The number of unbranched alkanes of at least 4 members (excludes halogenated alkanes) is 3. The molecule has 1 aromatic heterocycles. The van der Waals surface area contributed by atoms with E-state index in [2.05, 4.69) is 11.1 Å². The molecule has 0 fully saturated rings. The van der Waals surface area contributed by atoms with Crippen LogP contribution >= 0.6 is 0 Å². The lowest BCUT2D eigenvalue weighted by atomic mass is 9.96. The van der Waals surface area contributed by atoms with Crippen molar-refractivity contribution in [3.05, 3.63) is 95.5 Å². The first-order valence-corrected chi connectivity index (χ1v) is 12.5. The first-order chi connectivity index (χ1) is 17.2. The Morgan fingerprint density at radius 3 is 2.66 bits per heavy atom. The van der Waals surface area contributed by atoms with Crippen molar-refractivity contribution in [2.75, 3.05) is 13.1 Å². The number of rotatable bonds is 12. The van der Waals surface area contributed by atoms with Gasteiger partial charge in [0, 0.05) is 48.7 Å². The summed E-state index contributed by atoms with van der Waals surface area (Å²) in [6.07, 6.45) is 18.9. The molecule has 180 valence electrons. The number of benzene rings is 1. The number of carbonyl (C=O) groups excluding carboxylic acids is 1. The number of nitrogens with zero attached hydrogens (tertiary/aromatic N) is 2. The summed E-state index contributed by atoms with van der Waals surface area (Å²) in [5.74, 6) is 0.0170. The van der Waals surface area contributed by atoms with Crippen molar-refractivity contribution in [1.29, 1.82) is 0 Å². The number of hydrogen-bond acceptors (Lipinski definition) is 1. The van der Waals surface area contributed by atoms with E-state index in [0.717, 1.165) is 60.6 Å². The highest BCUT2D eigenvalue weighted by atomic mass is 19.1. The van der Waals surface area contributed by atoms with Gasteiger partial charge in [0.2, 0.25) is 5.91 Å². The van der Waals surface area contributed by atoms with Crippen LogP contribution in [0.15, 0.2) is 78.5 Å². The van der Waals surface area contributed by atoms with Crippen molar-refractivity contribution >= 4 is 31.0 Å². The van der Waals surface area contributed by atoms with E-state index in [1.807, 2.05) is 85.0 Å². The average molecular weight is 472 g/mol. The van der Waals surface area contributed by atoms with E-state index in [-0.39, 0.29) is 5.91 Å². The SMILES string of the molecule is [NH3+]CCCCCCNC(=O)CCc1ccc2n1B(F)[N+]1=C(/C=C/C=C/c3ccccc3)C=CC1=C2. The van der Waals surface area contributed by atoms with Gasteiger partial charge in [-0.1, -0.05) is 55.0 Å². The zero-order valence-electron chi connectivity index (χ0n) is 20.2. The molecule has 4 rings (SSSR count). The number of aryl methyl sites for hydroxylation is 1. The minimum absolute atomic E-state index is 0.0170. The van der Waals surface area contributed by atoms with E-state index in [1.54, 1.807) is 8.96 Å². The Morgan fingerprint density at radius 2 is 1.83 bits per heavy atom. The molecule has 0 atom stereocenters. The van der Waals surface area contributed by atoms with E-state index >= 15 is 4.32 Å². The van der Waals surface area contributed by atoms with Crippen molar-refractivity contribution in [1.82, 2.24) is 9.79 Å². The zero-order valence-corrected chi connectivity index (χ0v) is 20.2. The number of allylic oxidation sites excluding steroid dienone is 5. The summed E-state index contributed by atoms with van der Waals surface area (Å²) in [6.45, 7) is 1.66. The van der Waals surface area contributed by atoms with Gasteiger partial charge >= 0.3 is 7.26 Å². The number of halogens is 1. The van der Waals surface area contributed by atoms with Crippen molar-refractivity contribution in [3.8, 4) is 0 Å². The number of fused-ring (bicyclic) bond motifs is 2. The molecule has 1 aromatic carbocycles. The summed E-state index contributed by atoms with van der Waals surface area (Å²) < 4.78 is 19.1. The molecule has 3 heterocycles. The smallest absolute Gasteiger partial charge is 0.358 e. The Morgan fingerprint density at radius 1 is 1.03 bits per heavy atom. The molecule has 4 N–H and O–H groups in total. The fourth-order valence-corrected chi connectivity index (χ4v) is 4.43. The lowest BCUT2D eigenvalue weighted by Crippen LogP contribution is -2.50. The third kappa shape index (κ3) is 6.37. The quantitative estimate of drug-likeness (QED) is 0.276. The Hall–Kier alpha value is -3.45. The van der Waals surface area contributed by atoms with Gasteiger partial charge in [0.15, 0.2) is 11.4 Å². The highest BCUT2D eigenvalue weighted by Crippen LogP contribution is 2.26. The molecular weight excluding hydrogens is 438 g/mol. The molecule has 5 nitrogen and oxygen atoms in total. The van der Waals surface area contributed by atoms with Crippen molar-refractivity contribution in [3.63, 3.8) is 0 Å². The van der Waals surface area contributed by atoms with Crippen LogP contribution in [0.4, 0.5) is 4.32 Å². The molecule has 1 amide bonds. The molecule has 7 heteroatoms. The fraction of sp³-hybridized carbons (Fsp3) is 0.286. The highest BCUT2D eigenvalue weighted by molar-refractivity contribution is 6.43. The van der Waals surface area contributed by atoms with Crippen LogP contribution in [-0.4, -0.2) is 40.9 Å². The van der Waals surface area contributed by atoms with E-state index in [1.165, 1.54) is 0 Å². The largest absolute Gasteiger partial charge is 0.846 e. The molecule has 0 aliphatic carbocycles. The van der Waals surface area contributed by atoms with Gasteiger partial charge in [0.25, 0.3) is 0 Å². The monoisotopic (exact) mass is 472 g/mol. The van der Waals surface area contributed by atoms with Crippen molar-refractivity contribution in [2.45, 2.75) is 38.5 Å².